The molecule has 0 saturated carbocycles. The van der Waals surface area contributed by atoms with Crippen LogP contribution >= 0.6 is 11.8 Å². The van der Waals surface area contributed by atoms with Gasteiger partial charge in [-0.1, -0.05) is 42.5 Å². The van der Waals surface area contributed by atoms with Gasteiger partial charge in [-0.3, -0.25) is 9.36 Å². The topological polar surface area (TPSA) is 90.4 Å². The second-order valence-electron chi connectivity index (χ2n) is 6.94. The van der Waals surface area contributed by atoms with Crippen LogP contribution in [0, 0.1) is 0 Å². The third-order valence-electron chi connectivity index (χ3n) is 4.83. The summed E-state index contributed by atoms with van der Waals surface area (Å²) in [4.78, 5) is 40.7. The maximum Gasteiger partial charge on any atom is 0.335 e. The fraction of sp³-hybridized carbons (Fsp3) is 0.174. The highest BCUT2D eigenvalue weighted by molar-refractivity contribution is 7.99. The lowest BCUT2D eigenvalue weighted by Gasteiger charge is -2.16. The Bertz CT molecular complexity index is 1260. The minimum absolute atomic E-state index is 0.0920. The van der Waals surface area contributed by atoms with Crippen molar-refractivity contribution in [2.45, 2.75) is 18.2 Å². The number of thioether (sulfide) groups is 1. The van der Waals surface area contributed by atoms with Crippen molar-refractivity contribution in [2.75, 3.05) is 12.9 Å². The van der Waals surface area contributed by atoms with E-state index in [2.05, 4.69) is 4.98 Å². The summed E-state index contributed by atoms with van der Waals surface area (Å²) < 4.78 is 11.7. The van der Waals surface area contributed by atoms with Crippen LogP contribution in [-0.2, 0) is 22.7 Å². The highest BCUT2D eigenvalue weighted by Gasteiger charge is 2.22. The van der Waals surface area contributed by atoms with Gasteiger partial charge in [0, 0.05) is 11.3 Å². The number of hydrogen-bond acceptors (Lipinski definition) is 6. The van der Waals surface area contributed by atoms with Gasteiger partial charge in [-0.2, -0.15) is 0 Å². The zero-order valence-electron chi connectivity index (χ0n) is 16.8. The molecule has 7 nitrogen and oxygen atoms in total. The number of methoxy groups -OCH3 is 1. The Kier molecular flexibility index (Phi) is 6.08. The number of nitrogens with one attached hydrogen (secondary N) is 1. The first kappa shape index (κ1) is 20.7. The molecule has 0 radical (unpaired) electrons. The number of H-pyrrole nitrogens is 1. The van der Waals surface area contributed by atoms with Crippen molar-refractivity contribution in [3.63, 3.8) is 0 Å². The molecule has 1 aliphatic heterocycles. The van der Waals surface area contributed by atoms with Crippen molar-refractivity contribution in [2.24, 2.45) is 0 Å². The van der Waals surface area contributed by atoms with Gasteiger partial charge in [0.05, 0.1) is 24.2 Å². The summed E-state index contributed by atoms with van der Waals surface area (Å²) in [5.74, 6) is 0.487. The van der Waals surface area contributed by atoms with Gasteiger partial charge in [0.1, 0.15) is 12.4 Å². The molecule has 8 heteroatoms. The normalized spacial score (nSPS) is 12.6. The van der Waals surface area contributed by atoms with E-state index in [4.69, 9.17) is 9.47 Å². The predicted octanol–water partition coefficient (Wildman–Crippen LogP) is 2.83. The SMILES string of the molecule is COc1cccc(COC(=O)C2=Cc3c([nH]c(=O)n(Cc4ccccc4)c3=O)SC2)c1. The first-order chi connectivity index (χ1) is 15.0. The van der Waals surface area contributed by atoms with Crippen molar-refractivity contribution < 1.29 is 14.3 Å². The third-order valence-corrected chi connectivity index (χ3v) is 5.89. The molecular weight excluding hydrogens is 416 g/mol. The highest BCUT2D eigenvalue weighted by Crippen LogP contribution is 2.28. The molecule has 0 aliphatic carbocycles. The van der Waals surface area contributed by atoms with E-state index in [1.165, 1.54) is 17.8 Å². The number of aromatic nitrogens is 2. The molecule has 1 aliphatic rings. The number of rotatable bonds is 6. The Labute approximate surface area is 182 Å². The largest absolute Gasteiger partial charge is 0.497 e. The molecule has 2 aromatic carbocycles. The Morgan fingerprint density at radius 3 is 2.65 bits per heavy atom. The second-order valence-corrected chi connectivity index (χ2v) is 7.92. The minimum Gasteiger partial charge on any atom is -0.497 e. The minimum atomic E-state index is -0.499. The Morgan fingerprint density at radius 2 is 1.87 bits per heavy atom. The van der Waals surface area contributed by atoms with Crippen molar-refractivity contribution in [3.8, 4) is 5.75 Å². The van der Waals surface area contributed by atoms with Crippen LogP contribution in [0.1, 0.15) is 16.7 Å². The van der Waals surface area contributed by atoms with E-state index < -0.39 is 17.2 Å². The standard InChI is InChI=1S/C23H20N2O5S/c1-29-18-9-5-8-16(10-18)13-30-22(27)17-11-19-20(31-14-17)24-23(28)25(21(19)26)12-15-6-3-2-4-7-15/h2-11H,12-14H2,1H3,(H,24,28). The van der Waals surface area contributed by atoms with Crippen LogP contribution < -0.4 is 16.0 Å². The van der Waals surface area contributed by atoms with Crippen LogP contribution in [0.25, 0.3) is 6.08 Å². The number of carbonyl (C=O) groups is 1. The molecule has 31 heavy (non-hydrogen) atoms. The van der Waals surface area contributed by atoms with Gasteiger partial charge in [0.2, 0.25) is 0 Å². The van der Waals surface area contributed by atoms with Crippen LogP contribution in [0.2, 0.25) is 0 Å². The lowest BCUT2D eigenvalue weighted by molar-refractivity contribution is -0.140. The summed E-state index contributed by atoms with van der Waals surface area (Å²) >= 11 is 1.24. The van der Waals surface area contributed by atoms with Gasteiger partial charge >= 0.3 is 11.7 Å². The Balaban J connectivity index is 1.56. The van der Waals surface area contributed by atoms with E-state index in [0.717, 1.165) is 15.7 Å². The zero-order valence-corrected chi connectivity index (χ0v) is 17.6. The van der Waals surface area contributed by atoms with Crippen LogP contribution in [-0.4, -0.2) is 28.4 Å². The number of aromatic amines is 1. The van der Waals surface area contributed by atoms with Crippen molar-refractivity contribution in [1.82, 2.24) is 9.55 Å². The van der Waals surface area contributed by atoms with Crippen LogP contribution in [0.3, 0.4) is 0 Å². The lowest BCUT2D eigenvalue weighted by atomic mass is 10.2. The maximum atomic E-state index is 13.0. The molecule has 158 valence electrons. The van der Waals surface area contributed by atoms with Crippen molar-refractivity contribution in [1.29, 1.82) is 0 Å². The molecular formula is C23H20N2O5S. The molecule has 0 unspecified atom stereocenters. The summed E-state index contributed by atoms with van der Waals surface area (Å²) in [6.45, 7) is 0.241. The molecule has 0 spiro atoms. The number of carbonyl (C=O) groups excluding carboxylic acids is 1. The van der Waals surface area contributed by atoms with Gasteiger partial charge < -0.3 is 14.5 Å². The lowest BCUT2D eigenvalue weighted by Crippen LogP contribution is -2.38. The number of benzene rings is 2. The molecule has 2 heterocycles. The number of nitrogens with zero attached hydrogens (tertiary/aromatic N) is 1. The number of esters is 1. The maximum absolute atomic E-state index is 13.0. The fourth-order valence-electron chi connectivity index (χ4n) is 3.20. The predicted molar refractivity (Wildman–Crippen MR) is 118 cm³/mol. The summed E-state index contributed by atoms with van der Waals surface area (Å²) in [5.41, 5.74) is 1.38. The van der Waals surface area contributed by atoms with E-state index >= 15 is 0 Å². The van der Waals surface area contributed by atoms with Crippen LogP contribution in [0.4, 0.5) is 0 Å². The summed E-state index contributed by atoms with van der Waals surface area (Å²) in [6.07, 6.45) is 1.51. The van der Waals surface area contributed by atoms with Crippen molar-refractivity contribution in [3.05, 3.63) is 97.7 Å². The summed E-state index contributed by atoms with van der Waals surface area (Å²) in [7, 11) is 1.57. The molecule has 3 aromatic rings. The van der Waals surface area contributed by atoms with Gasteiger partial charge in [-0.05, 0) is 29.3 Å². The average Bonchev–Trinajstić information content (AvgIpc) is 2.81. The van der Waals surface area contributed by atoms with Gasteiger partial charge in [0.15, 0.2) is 0 Å². The third kappa shape index (κ3) is 4.64. The van der Waals surface area contributed by atoms with Gasteiger partial charge in [0.25, 0.3) is 5.56 Å². The fourth-order valence-corrected chi connectivity index (χ4v) is 4.17. The highest BCUT2D eigenvalue weighted by atomic mass is 32.2. The first-order valence-electron chi connectivity index (χ1n) is 9.59. The molecule has 0 fully saturated rings. The number of ether oxygens (including phenoxy) is 2. The molecule has 0 amide bonds. The zero-order chi connectivity index (χ0) is 21.8. The summed E-state index contributed by atoms with van der Waals surface area (Å²) in [5, 5.41) is 0.462. The Morgan fingerprint density at radius 1 is 1.10 bits per heavy atom. The quantitative estimate of drug-likeness (QED) is 0.472. The van der Waals surface area contributed by atoms with Crippen LogP contribution in [0.5, 0.6) is 5.75 Å². The van der Waals surface area contributed by atoms with E-state index in [0.29, 0.717) is 27.7 Å². The molecule has 0 atom stereocenters. The second kappa shape index (κ2) is 9.09. The van der Waals surface area contributed by atoms with Gasteiger partial charge in [-0.15, -0.1) is 11.8 Å². The number of fused-ring (bicyclic) bond motifs is 1. The summed E-state index contributed by atoms with van der Waals surface area (Å²) in [6, 6.07) is 16.5. The molecule has 0 bridgehead atoms. The number of hydrogen-bond donors (Lipinski definition) is 1. The van der Waals surface area contributed by atoms with Crippen molar-refractivity contribution >= 4 is 23.8 Å². The van der Waals surface area contributed by atoms with E-state index in [9.17, 15) is 14.4 Å². The molecule has 0 saturated heterocycles. The Hall–Kier alpha value is -3.52. The van der Waals surface area contributed by atoms with Crippen LogP contribution in [0.15, 0.2) is 74.8 Å². The van der Waals surface area contributed by atoms with Gasteiger partial charge in [-0.25, -0.2) is 9.59 Å². The molecule has 4 rings (SSSR count). The average molecular weight is 436 g/mol. The molecule has 1 N–H and O–H groups in total. The van der Waals surface area contributed by atoms with E-state index in [1.54, 1.807) is 13.2 Å². The first-order valence-corrected chi connectivity index (χ1v) is 10.6. The monoisotopic (exact) mass is 436 g/mol. The molecule has 1 aromatic heterocycles. The van der Waals surface area contributed by atoms with E-state index in [1.807, 2.05) is 48.5 Å². The smallest absolute Gasteiger partial charge is 0.335 e. The van der Waals surface area contributed by atoms with E-state index in [-0.39, 0.29) is 13.2 Å².